The number of para-hydroxylation sites is 4. The topological polar surface area (TPSA) is 34.5 Å². The number of furan rings is 2. The summed E-state index contributed by atoms with van der Waals surface area (Å²) in [5.74, 6) is 0. The molecule has 262 valence electrons. The molecule has 0 atom stereocenters. The number of hydrogen-bond donors (Lipinski definition) is 0. The van der Waals surface area contributed by atoms with Crippen molar-refractivity contribution in [2.24, 2.45) is 0 Å². The van der Waals surface area contributed by atoms with E-state index in [1.165, 1.54) is 21.8 Å². The molecule has 0 aliphatic heterocycles. The van der Waals surface area contributed by atoms with Gasteiger partial charge in [0.2, 0.25) is 0 Å². The molecule has 0 fully saturated rings. The van der Waals surface area contributed by atoms with Gasteiger partial charge in [0, 0.05) is 49.3 Å². The summed E-state index contributed by atoms with van der Waals surface area (Å²) in [5, 5.41) is 9.10. The number of nitrogens with zero attached hydrogens (tertiary/aromatic N) is 2. The highest BCUT2D eigenvalue weighted by molar-refractivity contribution is 6.20. The SMILES string of the molecule is c1cc(N(c2ccccc2-c2cccc3oc4c5ccccc5ccc4c23)c2cccc3oc4ccccc4c23)cc(-n2c3ccccc3c3ccccc32)c1. The predicted molar refractivity (Wildman–Crippen MR) is 233 cm³/mol. The summed E-state index contributed by atoms with van der Waals surface area (Å²) in [6.07, 6.45) is 0. The second-order valence-electron chi connectivity index (χ2n) is 14.4. The van der Waals surface area contributed by atoms with Crippen molar-refractivity contribution in [2.75, 3.05) is 4.90 Å². The molecule has 0 aliphatic carbocycles. The molecule has 9 aromatic carbocycles. The fourth-order valence-corrected chi connectivity index (χ4v) is 9.00. The summed E-state index contributed by atoms with van der Waals surface area (Å²) < 4.78 is 15.6. The van der Waals surface area contributed by atoms with Crippen LogP contribution in [0, 0.1) is 0 Å². The molecule has 0 unspecified atom stereocenters. The monoisotopic (exact) mass is 716 g/mol. The van der Waals surface area contributed by atoms with E-state index in [2.05, 4.69) is 198 Å². The van der Waals surface area contributed by atoms with Crippen LogP contribution < -0.4 is 4.90 Å². The normalized spacial score (nSPS) is 11.9. The van der Waals surface area contributed by atoms with Gasteiger partial charge in [-0.25, -0.2) is 0 Å². The van der Waals surface area contributed by atoms with Gasteiger partial charge in [0.05, 0.1) is 27.8 Å². The maximum atomic E-state index is 6.69. The van der Waals surface area contributed by atoms with Gasteiger partial charge in [0.25, 0.3) is 0 Å². The molecule has 0 radical (unpaired) electrons. The van der Waals surface area contributed by atoms with E-state index in [0.717, 1.165) is 88.5 Å². The summed E-state index contributed by atoms with van der Waals surface area (Å²) in [6.45, 7) is 0. The third kappa shape index (κ3) is 4.47. The van der Waals surface area contributed by atoms with Gasteiger partial charge in [0.15, 0.2) is 0 Å². The summed E-state index contributed by atoms with van der Waals surface area (Å²) in [5.41, 5.74) is 12.2. The molecule has 0 aliphatic rings. The number of benzene rings is 9. The van der Waals surface area contributed by atoms with E-state index in [9.17, 15) is 0 Å². The van der Waals surface area contributed by atoms with E-state index in [4.69, 9.17) is 8.83 Å². The smallest absolute Gasteiger partial charge is 0.143 e. The van der Waals surface area contributed by atoms with Gasteiger partial charge in [-0.1, -0.05) is 127 Å². The molecule has 4 nitrogen and oxygen atoms in total. The standard InChI is InChI=1S/C52H32N2O2/c1-2-17-36-33(14-1)30-31-42-50-40(22-12-28-48(50)56-52(36)42)39-20-5-9-25-45(39)54(46-26-13-29-49-51(46)41-21-6-10-27-47(41)55-49)35-16-11-15-34(32-35)53-43-23-7-3-18-37(43)38-19-4-8-24-44(38)53/h1-32H. The second kappa shape index (κ2) is 12.0. The Morgan fingerprint density at radius 1 is 0.375 bits per heavy atom. The zero-order valence-electron chi connectivity index (χ0n) is 30.2. The highest BCUT2D eigenvalue weighted by Gasteiger charge is 2.24. The van der Waals surface area contributed by atoms with Crippen molar-refractivity contribution in [3.63, 3.8) is 0 Å². The average Bonchev–Trinajstić information content (AvgIpc) is 3.94. The van der Waals surface area contributed by atoms with Crippen molar-refractivity contribution in [1.29, 1.82) is 0 Å². The highest BCUT2D eigenvalue weighted by Crippen LogP contribution is 2.48. The number of fused-ring (bicyclic) bond motifs is 11. The molecular weight excluding hydrogens is 685 g/mol. The highest BCUT2D eigenvalue weighted by atomic mass is 16.3. The van der Waals surface area contributed by atoms with E-state index in [0.29, 0.717) is 0 Å². The van der Waals surface area contributed by atoms with E-state index >= 15 is 0 Å². The molecule has 56 heavy (non-hydrogen) atoms. The molecule has 0 N–H and O–H groups in total. The molecule has 3 heterocycles. The van der Waals surface area contributed by atoms with Crippen LogP contribution in [0.3, 0.4) is 0 Å². The van der Waals surface area contributed by atoms with Crippen molar-refractivity contribution in [2.45, 2.75) is 0 Å². The fourth-order valence-electron chi connectivity index (χ4n) is 9.00. The first-order valence-electron chi connectivity index (χ1n) is 19.0. The van der Waals surface area contributed by atoms with Gasteiger partial charge in [-0.3, -0.25) is 0 Å². The van der Waals surface area contributed by atoms with Gasteiger partial charge >= 0.3 is 0 Å². The van der Waals surface area contributed by atoms with Gasteiger partial charge in [0.1, 0.15) is 22.3 Å². The quantitative estimate of drug-likeness (QED) is 0.178. The number of aromatic nitrogens is 1. The van der Waals surface area contributed by atoms with Gasteiger partial charge < -0.3 is 18.3 Å². The Kier molecular flexibility index (Phi) is 6.60. The molecule has 0 spiro atoms. The maximum Gasteiger partial charge on any atom is 0.143 e. The van der Waals surface area contributed by atoms with Crippen LogP contribution in [0.25, 0.3) is 93.3 Å². The largest absolute Gasteiger partial charge is 0.456 e. The van der Waals surface area contributed by atoms with Crippen LogP contribution in [0.4, 0.5) is 17.1 Å². The van der Waals surface area contributed by atoms with Gasteiger partial charge in [-0.05, 0) is 77.7 Å². The van der Waals surface area contributed by atoms with Crippen LogP contribution in [0.1, 0.15) is 0 Å². The van der Waals surface area contributed by atoms with E-state index in [-0.39, 0.29) is 0 Å². The Labute approximate surface area is 321 Å². The molecule has 3 aromatic heterocycles. The first kappa shape index (κ1) is 30.9. The number of anilines is 3. The summed E-state index contributed by atoms with van der Waals surface area (Å²) in [7, 11) is 0. The first-order chi connectivity index (χ1) is 27.8. The molecule has 0 saturated heterocycles. The predicted octanol–water partition coefficient (Wildman–Crippen LogP) is 14.9. The van der Waals surface area contributed by atoms with Crippen LogP contribution >= 0.6 is 0 Å². The maximum absolute atomic E-state index is 6.69. The Balaban J connectivity index is 1.15. The van der Waals surface area contributed by atoms with Gasteiger partial charge in [-0.2, -0.15) is 0 Å². The Hall–Kier alpha value is -7.56. The van der Waals surface area contributed by atoms with Crippen molar-refractivity contribution < 1.29 is 8.83 Å². The minimum absolute atomic E-state index is 0.847. The Bertz CT molecular complexity index is 3460. The van der Waals surface area contributed by atoms with Crippen molar-refractivity contribution in [3.8, 4) is 16.8 Å². The van der Waals surface area contributed by atoms with Crippen LogP contribution in [-0.2, 0) is 0 Å². The molecule has 0 saturated carbocycles. The molecule has 12 aromatic rings. The third-order valence-corrected chi connectivity index (χ3v) is 11.4. The minimum atomic E-state index is 0.847. The lowest BCUT2D eigenvalue weighted by atomic mass is 9.96. The molecular formula is C52H32N2O2. The zero-order valence-corrected chi connectivity index (χ0v) is 30.2. The molecule has 12 rings (SSSR count). The first-order valence-corrected chi connectivity index (χ1v) is 19.0. The summed E-state index contributed by atoms with van der Waals surface area (Å²) in [4.78, 5) is 2.41. The Morgan fingerprint density at radius 2 is 0.982 bits per heavy atom. The lowest BCUT2D eigenvalue weighted by Crippen LogP contribution is -2.12. The molecule has 4 heteroatoms. The molecule has 0 bridgehead atoms. The van der Waals surface area contributed by atoms with Crippen molar-refractivity contribution in [3.05, 3.63) is 194 Å². The third-order valence-electron chi connectivity index (χ3n) is 11.4. The van der Waals surface area contributed by atoms with Crippen LogP contribution in [0.2, 0.25) is 0 Å². The second-order valence-corrected chi connectivity index (χ2v) is 14.4. The van der Waals surface area contributed by atoms with E-state index < -0.39 is 0 Å². The van der Waals surface area contributed by atoms with Gasteiger partial charge in [-0.15, -0.1) is 0 Å². The summed E-state index contributed by atoms with van der Waals surface area (Å²) in [6, 6.07) is 69.0. The lowest BCUT2D eigenvalue weighted by Gasteiger charge is -2.29. The van der Waals surface area contributed by atoms with Crippen molar-refractivity contribution in [1.82, 2.24) is 4.57 Å². The van der Waals surface area contributed by atoms with E-state index in [1.54, 1.807) is 0 Å². The lowest BCUT2D eigenvalue weighted by molar-refractivity contribution is 0.669. The minimum Gasteiger partial charge on any atom is -0.456 e. The average molecular weight is 717 g/mol. The zero-order chi connectivity index (χ0) is 36.7. The van der Waals surface area contributed by atoms with Crippen LogP contribution in [-0.4, -0.2) is 4.57 Å². The number of rotatable bonds is 5. The Morgan fingerprint density at radius 3 is 1.82 bits per heavy atom. The van der Waals surface area contributed by atoms with Crippen LogP contribution in [0.5, 0.6) is 0 Å². The number of hydrogen-bond acceptors (Lipinski definition) is 3. The van der Waals surface area contributed by atoms with E-state index in [1.807, 2.05) is 6.07 Å². The molecule has 0 amide bonds. The summed E-state index contributed by atoms with van der Waals surface area (Å²) >= 11 is 0. The van der Waals surface area contributed by atoms with Crippen molar-refractivity contribution >= 4 is 93.5 Å². The fraction of sp³-hybridized carbons (Fsp3) is 0. The van der Waals surface area contributed by atoms with Crippen LogP contribution in [0.15, 0.2) is 203 Å².